The molecule has 4 nitrogen and oxygen atoms in total. The Bertz CT molecular complexity index is 563. The van der Waals surface area contributed by atoms with Crippen LogP contribution in [0.25, 0.3) is 0 Å². The van der Waals surface area contributed by atoms with E-state index in [2.05, 4.69) is 46.6 Å². The van der Waals surface area contributed by atoms with Crippen molar-refractivity contribution in [2.75, 3.05) is 13.2 Å². The summed E-state index contributed by atoms with van der Waals surface area (Å²) in [4.78, 5) is 8.18. The molecular weight excluding hydrogens is 270 g/mol. The second-order valence-corrected chi connectivity index (χ2v) is 6.20. The lowest BCUT2D eigenvalue weighted by Crippen LogP contribution is -2.32. The van der Waals surface area contributed by atoms with E-state index in [1.54, 1.807) is 11.3 Å². The fraction of sp³-hybridized carbons (Fsp3) is 0.533. The summed E-state index contributed by atoms with van der Waals surface area (Å²) in [6, 6.07) is 4.33. The van der Waals surface area contributed by atoms with Crippen LogP contribution >= 0.6 is 11.3 Å². The van der Waals surface area contributed by atoms with Gasteiger partial charge in [-0.2, -0.15) is 0 Å². The molecule has 3 heterocycles. The molecule has 1 aliphatic heterocycles. The Balaban J connectivity index is 1.78. The molecule has 3 rings (SSSR count). The van der Waals surface area contributed by atoms with Crippen LogP contribution in [0.4, 0.5) is 0 Å². The fourth-order valence-corrected chi connectivity index (χ4v) is 3.59. The molecule has 20 heavy (non-hydrogen) atoms. The number of hydrogen-bond acceptors (Lipinski definition) is 4. The Hall–Kier alpha value is -1.17. The molecule has 108 valence electrons. The molecule has 0 amide bonds. The summed E-state index contributed by atoms with van der Waals surface area (Å²) in [6.45, 7) is 8.81. The van der Waals surface area contributed by atoms with Crippen LogP contribution in [0.2, 0.25) is 0 Å². The first-order chi connectivity index (χ1) is 9.76. The van der Waals surface area contributed by atoms with E-state index in [4.69, 9.17) is 4.74 Å². The molecule has 0 aliphatic carbocycles. The van der Waals surface area contributed by atoms with Crippen molar-refractivity contribution in [1.29, 1.82) is 0 Å². The monoisotopic (exact) mass is 291 g/mol. The molecular formula is C15H21N3OS. The third kappa shape index (κ3) is 2.95. The quantitative estimate of drug-likeness (QED) is 0.867. The van der Waals surface area contributed by atoms with Gasteiger partial charge in [0.05, 0.1) is 17.3 Å². The van der Waals surface area contributed by atoms with E-state index in [9.17, 15) is 0 Å². The molecule has 0 radical (unpaired) electrons. The molecule has 1 atom stereocenters. The van der Waals surface area contributed by atoms with E-state index >= 15 is 0 Å². The van der Waals surface area contributed by atoms with Gasteiger partial charge in [-0.15, -0.1) is 11.3 Å². The van der Waals surface area contributed by atoms with Crippen LogP contribution in [-0.2, 0) is 24.4 Å². The zero-order valence-corrected chi connectivity index (χ0v) is 12.9. The van der Waals surface area contributed by atoms with Crippen LogP contribution in [0.3, 0.4) is 0 Å². The third-order valence-electron chi connectivity index (χ3n) is 3.79. The van der Waals surface area contributed by atoms with E-state index in [0.717, 1.165) is 38.5 Å². The van der Waals surface area contributed by atoms with E-state index < -0.39 is 0 Å². The zero-order chi connectivity index (χ0) is 13.9. The molecule has 1 aliphatic rings. The predicted octanol–water partition coefficient (Wildman–Crippen LogP) is 2.67. The van der Waals surface area contributed by atoms with Crippen molar-refractivity contribution in [3.8, 4) is 0 Å². The minimum atomic E-state index is 0.266. The summed E-state index contributed by atoms with van der Waals surface area (Å²) < 4.78 is 8.21. The maximum atomic E-state index is 5.89. The lowest BCUT2D eigenvalue weighted by atomic mass is 10.3. The second kappa shape index (κ2) is 6.08. The zero-order valence-electron chi connectivity index (χ0n) is 12.1. The fourth-order valence-electron chi connectivity index (χ4n) is 2.77. The number of aryl methyl sites for hydroxylation is 1. The summed E-state index contributed by atoms with van der Waals surface area (Å²) in [5.74, 6) is 0. The first kappa shape index (κ1) is 13.8. The molecule has 0 saturated carbocycles. The molecule has 2 aromatic rings. The van der Waals surface area contributed by atoms with Gasteiger partial charge in [-0.1, -0.05) is 0 Å². The molecule has 0 bridgehead atoms. The van der Waals surface area contributed by atoms with Gasteiger partial charge in [0.2, 0.25) is 0 Å². The van der Waals surface area contributed by atoms with Gasteiger partial charge < -0.3 is 9.30 Å². The molecule has 0 unspecified atom stereocenters. The van der Waals surface area contributed by atoms with Crippen LogP contribution in [0.15, 0.2) is 23.8 Å². The average molecular weight is 291 g/mol. The van der Waals surface area contributed by atoms with E-state index in [0.29, 0.717) is 0 Å². The predicted molar refractivity (Wildman–Crippen MR) is 80.8 cm³/mol. The van der Waals surface area contributed by atoms with Gasteiger partial charge in [-0.25, -0.2) is 4.98 Å². The van der Waals surface area contributed by atoms with Gasteiger partial charge in [0.15, 0.2) is 0 Å². The van der Waals surface area contributed by atoms with Crippen molar-refractivity contribution in [2.24, 2.45) is 0 Å². The van der Waals surface area contributed by atoms with Crippen molar-refractivity contribution in [3.05, 3.63) is 40.1 Å². The largest absolute Gasteiger partial charge is 0.375 e. The van der Waals surface area contributed by atoms with Crippen LogP contribution in [0, 0.1) is 6.92 Å². The molecule has 0 saturated heterocycles. The minimum Gasteiger partial charge on any atom is -0.375 e. The van der Waals surface area contributed by atoms with Gasteiger partial charge in [-0.05, 0) is 26.0 Å². The summed E-state index contributed by atoms with van der Waals surface area (Å²) in [6.07, 6.45) is 2.42. The van der Waals surface area contributed by atoms with Crippen molar-refractivity contribution < 1.29 is 4.74 Å². The summed E-state index contributed by atoms with van der Waals surface area (Å²) in [7, 11) is 0. The number of aromatic nitrogens is 2. The molecule has 0 fully saturated rings. The number of thiazole rings is 1. The third-order valence-corrected chi connectivity index (χ3v) is 4.71. The van der Waals surface area contributed by atoms with E-state index in [1.165, 1.54) is 10.6 Å². The first-order valence-corrected chi connectivity index (χ1v) is 8.01. The standard InChI is InChI=1S/C15H21N3OS/c1-3-19-14-8-17(10-15-12(2)16-11-20-15)7-13-5-4-6-18(13)9-14/h4-6,11,14H,3,7-10H2,1-2H3/t14-/m1/s1. The van der Waals surface area contributed by atoms with Crippen LogP contribution < -0.4 is 0 Å². The molecule has 0 aromatic carbocycles. The molecule has 0 N–H and O–H groups in total. The summed E-state index contributed by atoms with van der Waals surface area (Å²) in [5, 5.41) is 0. The van der Waals surface area contributed by atoms with Gasteiger partial charge in [0.25, 0.3) is 0 Å². The smallest absolute Gasteiger partial charge is 0.0880 e. The number of ether oxygens (including phenoxy) is 1. The Morgan fingerprint density at radius 1 is 1.45 bits per heavy atom. The van der Waals surface area contributed by atoms with Gasteiger partial charge in [-0.3, -0.25) is 4.90 Å². The molecule has 0 spiro atoms. The minimum absolute atomic E-state index is 0.266. The lowest BCUT2D eigenvalue weighted by Gasteiger charge is -2.23. The van der Waals surface area contributed by atoms with Crippen molar-refractivity contribution in [2.45, 2.75) is 39.6 Å². The molecule has 2 aromatic heterocycles. The highest BCUT2D eigenvalue weighted by molar-refractivity contribution is 7.09. The summed E-state index contributed by atoms with van der Waals surface area (Å²) >= 11 is 1.75. The summed E-state index contributed by atoms with van der Waals surface area (Å²) in [5.41, 5.74) is 4.46. The highest BCUT2D eigenvalue weighted by Gasteiger charge is 2.22. The van der Waals surface area contributed by atoms with Crippen LogP contribution in [0.5, 0.6) is 0 Å². The van der Waals surface area contributed by atoms with Gasteiger partial charge in [0.1, 0.15) is 0 Å². The first-order valence-electron chi connectivity index (χ1n) is 7.13. The van der Waals surface area contributed by atoms with Crippen molar-refractivity contribution in [3.63, 3.8) is 0 Å². The normalized spacial score (nSPS) is 19.8. The highest BCUT2D eigenvalue weighted by Crippen LogP contribution is 2.20. The highest BCUT2D eigenvalue weighted by atomic mass is 32.1. The number of hydrogen-bond donors (Lipinski definition) is 0. The van der Waals surface area contributed by atoms with E-state index in [-0.39, 0.29) is 6.10 Å². The number of nitrogens with zero attached hydrogens (tertiary/aromatic N) is 3. The number of fused-ring (bicyclic) bond motifs is 1. The topological polar surface area (TPSA) is 30.3 Å². The number of rotatable bonds is 4. The SMILES string of the molecule is CCO[C@@H]1CN(Cc2scnc2C)Cc2cccn2C1. The Morgan fingerprint density at radius 2 is 2.35 bits per heavy atom. The lowest BCUT2D eigenvalue weighted by molar-refractivity contribution is 0.0269. The van der Waals surface area contributed by atoms with Gasteiger partial charge >= 0.3 is 0 Å². The Morgan fingerprint density at radius 3 is 3.10 bits per heavy atom. The average Bonchev–Trinajstić information content (AvgIpc) is 2.97. The molecule has 5 heteroatoms. The Kier molecular flexibility index (Phi) is 4.19. The maximum absolute atomic E-state index is 5.89. The van der Waals surface area contributed by atoms with E-state index in [1.807, 2.05) is 5.51 Å². The van der Waals surface area contributed by atoms with Crippen LogP contribution in [0.1, 0.15) is 23.2 Å². The van der Waals surface area contributed by atoms with Crippen LogP contribution in [-0.4, -0.2) is 33.7 Å². The maximum Gasteiger partial charge on any atom is 0.0880 e. The Labute approximate surface area is 124 Å². The van der Waals surface area contributed by atoms with Gasteiger partial charge in [0, 0.05) is 49.6 Å². The van der Waals surface area contributed by atoms with Crippen molar-refractivity contribution in [1.82, 2.24) is 14.5 Å². The second-order valence-electron chi connectivity index (χ2n) is 5.26. The van der Waals surface area contributed by atoms with Crippen molar-refractivity contribution >= 4 is 11.3 Å².